The van der Waals surface area contributed by atoms with Crippen LogP contribution in [0.1, 0.15) is 11.1 Å². The van der Waals surface area contributed by atoms with Gasteiger partial charge in [0.15, 0.2) is 0 Å². The molecule has 0 fully saturated rings. The lowest BCUT2D eigenvalue weighted by Crippen LogP contribution is -2.49. The molecule has 3 rings (SSSR count). The molecule has 0 spiro atoms. The first-order valence-electron chi connectivity index (χ1n) is 9.86. The van der Waals surface area contributed by atoms with Gasteiger partial charge >= 0.3 is 6.09 Å². The lowest BCUT2D eigenvalue weighted by Gasteiger charge is -2.30. The number of hydrogen-bond donors (Lipinski definition) is 0. The molecule has 3 aromatic rings. The highest BCUT2D eigenvalue weighted by atomic mass is 16.6. The zero-order valence-electron chi connectivity index (χ0n) is 17.3. The summed E-state index contributed by atoms with van der Waals surface area (Å²) in [6.07, 6.45) is -0.136. The van der Waals surface area contributed by atoms with Gasteiger partial charge in [-0.3, -0.25) is 9.69 Å². The Balaban J connectivity index is 1.77. The number of rotatable bonds is 7. The number of hydrogen-bond acceptors (Lipinski definition) is 3. The van der Waals surface area contributed by atoms with Crippen molar-refractivity contribution in [1.82, 2.24) is 4.90 Å². The number of para-hydroxylation sites is 1. The molecule has 0 aliphatic rings. The minimum absolute atomic E-state index is 0.158. The summed E-state index contributed by atoms with van der Waals surface area (Å²) in [5, 5.41) is 0. The van der Waals surface area contributed by atoms with Crippen LogP contribution in [0.3, 0.4) is 0 Å². The number of carbonyl (C=O) groups excluding carboxylic acids is 2. The summed E-state index contributed by atoms with van der Waals surface area (Å²) in [5.41, 5.74) is 2.64. The van der Waals surface area contributed by atoms with Crippen LogP contribution in [-0.2, 0) is 22.6 Å². The van der Waals surface area contributed by atoms with Crippen LogP contribution in [0.15, 0.2) is 91.0 Å². The molecule has 0 aliphatic carbocycles. The molecule has 0 saturated heterocycles. The predicted octanol–water partition coefficient (Wildman–Crippen LogP) is 4.53. The molecular weight excluding hydrogens is 376 g/mol. The summed E-state index contributed by atoms with van der Waals surface area (Å²) in [5.74, 6) is -0.177. The minimum Gasteiger partial charge on any atom is -0.445 e. The third-order valence-electron chi connectivity index (χ3n) is 4.99. The summed E-state index contributed by atoms with van der Waals surface area (Å²) < 4.78 is 5.46. The van der Waals surface area contributed by atoms with Gasteiger partial charge in [-0.25, -0.2) is 4.79 Å². The van der Waals surface area contributed by atoms with Gasteiger partial charge in [-0.2, -0.15) is 0 Å². The number of likely N-dealkylation sites (N-methyl/N-ethyl adjacent to an activating group) is 2. The summed E-state index contributed by atoms with van der Waals surface area (Å²) in [6, 6.07) is 27.8. The van der Waals surface area contributed by atoms with E-state index in [1.165, 1.54) is 4.90 Å². The summed E-state index contributed by atoms with van der Waals surface area (Å²) >= 11 is 0. The van der Waals surface area contributed by atoms with E-state index in [1.54, 1.807) is 19.0 Å². The molecule has 30 heavy (non-hydrogen) atoms. The molecule has 0 heterocycles. The Morgan fingerprint density at radius 2 is 1.27 bits per heavy atom. The second-order valence-corrected chi connectivity index (χ2v) is 7.09. The maximum absolute atomic E-state index is 13.3. The number of carbonyl (C=O) groups is 2. The minimum atomic E-state index is -0.694. The Labute approximate surface area is 177 Å². The molecular formula is C25H26N2O3. The van der Waals surface area contributed by atoms with Crippen LogP contribution >= 0.6 is 0 Å². The average Bonchev–Trinajstić information content (AvgIpc) is 2.81. The Bertz CT molecular complexity index is 946. The van der Waals surface area contributed by atoms with E-state index in [0.29, 0.717) is 6.42 Å². The van der Waals surface area contributed by atoms with Crippen molar-refractivity contribution in [3.8, 4) is 0 Å². The molecule has 2 amide bonds. The Morgan fingerprint density at radius 1 is 0.767 bits per heavy atom. The maximum Gasteiger partial charge on any atom is 0.410 e. The molecule has 1 unspecified atom stereocenters. The van der Waals surface area contributed by atoms with Crippen molar-refractivity contribution in [2.75, 3.05) is 19.0 Å². The number of anilines is 1. The SMILES string of the molecule is CN(C(=O)C(Cc1ccccc1)N(C)C(=O)OCc1ccccc1)c1ccccc1. The van der Waals surface area contributed by atoms with Crippen molar-refractivity contribution in [2.24, 2.45) is 0 Å². The zero-order chi connectivity index (χ0) is 21.3. The summed E-state index contributed by atoms with van der Waals surface area (Å²) in [4.78, 5) is 29.1. The van der Waals surface area contributed by atoms with Gasteiger partial charge in [0.25, 0.3) is 0 Å². The van der Waals surface area contributed by atoms with E-state index in [2.05, 4.69) is 0 Å². The average molecular weight is 402 g/mol. The lowest BCUT2D eigenvalue weighted by atomic mass is 10.0. The van der Waals surface area contributed by atoms with Crippen molar-refractivity contribution in [1.29, 1.82) is 0 Å². The van der Waals surface area contributed by atoms with E-state index in [1.807, 2.05) is 91.0 Å². The van der Waals surface area contributed by atoms with Crippen molar-refractivity contribution in [2.45, 2.75) is 19.1 Å². The van der Waals surface area contributed by atoms with Crippen molar-refractivity contribution >= 4 is 17.7 Å². The van der Waals surface area contributed by atoms with Crippen LogP contribution in [0.5, 0.6) is 0 Å². The first-order valence-corrected chi connectivity index (χ1v) is 9.86. The molecule has 5 heteroatoms. The van der Waals surface area contributed by atoms with Crippen LogP contribution in [0.4, 0.5) is 10.5 Å². The van der Waals surface area contributed by atoms with Crippen LogP contribution in [0, 0.1) is 0 Å². The largest absolute Gasteiger partial charge is 0.445 e. The van der Waals surface area contributed by atoms with Crippen molar-refractivity contribution < 1.29 is 14.3 Å². The molecule has 154 valence electrons. The molecule has 5 nitrogen and oxygen atoms in total. The van der Waals surface area contributed by atoms with E-state index in [0.717, 1.165) is 16.8 Å². The second kappa shape index (κ2) is 10.3. The third kappa shape index (κ3) is 5.47. The smallest absolute Gasteiger partial charge is 0.410 e. The molecule has 0 saturated carbocycles. The van der Waals surface area contributed by atoms with Crippen molar-refractivity contribution in [3.63, 3.8) is 0 Å². The first kappa shape index (κ1) is 21.1. The van der Waals surface area contributed by atoms with E-state index >= 15 is 0 Å². The quantitative estimate of drug-likeness (QED) is 0.583. The molecule has 0 bridgehead atoms. The molecule has 1 atom stereocenters. The Hall–Kier alpha value is -3.60. The number of benzene rings is 3. The second-order valence-electron chi connectivity index (χ2n) is 7.09. The van der Waals surface area contributed by atoms with Gasteiger partial charge in [0.05, 0.1) is 0 Å². The molecule has 3 aromatic carbocycles. The van der Waals surface area contributed by atoms with E-state index < -0.39 is 12.1 Å². The Kier molecular flexibility index (Phi) is 7.22. The predicted molar refractivity (Wildman–Crippen MR) is 118 cm³/mol. The highest BCUT2D eigenvalue weighted by Gasteiger charge is 2.31. The molecule has 0 aliphatic heterocycles. The van der Waals surface area contributed by atoms with Gasteiger partial charge in [-0.15, -0.1) is 0 Å². The van der Waals surface area contributed by atoms with Gasteiger partial charge in [0.1, 0.15) is 12.6 Å². The normalized spacial score (nSPS) is 11.4. The zero-order valence-corrected chi connectivity index (χ0v) is 17.3. The third-order valence-corrected chi connectivity index (χ3v) is 4.99. The Morgan fingerprint density at radius 3 is 1.83 bits per heavy atom. The van der Waals surface area contributed by atoms with Crippen LogP contribution in [0.25, 0.3) is 0 Å². The topological polar surface area (TPSA) is 49.9 Å². The van der Waals surface area contributed by atoms with Crippen LogP contribution in [0.2, 0.25) is 0 Å². The molecule has 0 aromatic heterocycles. The summed E-state index contributed by atoms with van der Waals surface area (Å²) in [6.45, 7) is 0.158. The van der Waals surface area contributed by atoms with Gasteiger partial charge in [-0.05, 0) is 23.3 Å². The monoisotopic (exact) mass is 402 g/mol. The fourth-order valence-corrected chi connectivity index (χ4v) is 3.18. The van der Waals surface area contributed by atoms with E-state index in [-0.39, 0.29) is 12.5 Å². The van der Waals surface area contributed by atoms with Crippen LogP contribution < -0.4 is 4.90 Å². The van der Waals surface area contributed by atoms with Gasteiger partial charge in [0, 0.05) is 26.2 Å². The highest BCUT2D eigenvalue weighted by Crippen LogP contribution is 2.17. The maximum atomic E-state index is 13.3. The van der Waals surface area contributed by atoms with E-state index in [4.69, 9.17) is 4.74 Å². The van der Waals surface area contributed by atoms with Gasteiger partial charge in [-0.1, -0.05) is 78.9 Å². The summed E-state index contributed by atoms with van der Waals surface area (Å²) in [7, 11) is 3.33. The fourth-order valence-electron chi connectivity index (χ4n) is 3.18. The lowest BCUT2D eigenvalue weighted by molar-refractivity contribution is -0.122. The van der Waals surface area contributed by atoms with Gasteiger partial charge in [0.2, 0.25) is 5.91 Å². The number of nitrogens with zero attached hydrogens (tertiary/aromatic N) is 2. The van der Waals surface area contributed by atoms with Gasteiger partial charge < -0.3 is 9.64 Å². The first-order chi connectivity index (χ1) is 14.6. The highest BCUT2D eigenvalue weighted by molar-refractivity contribution is 5.98. The van der Waals surface area contributed by atoms with Crippen LogP contribution in [-0.4, -0.2) is 37.0 Å². The number of ether oxygens (including phenoxy) is 1. The molecule has 0 N–H and O–H groups in total. The van der Waals surface area contributed by atoms with E-state index in [9.17, 15) is 9.59 Å². The fraction of sp³-hybridized carbons (Fsp3) is 0.200. The standard InChI is InChI=1S/C25H26N2O3/c1-26(22-16-10-5-11-17-22)24(28)23(18-20-12-6-3-7-13-20)27(2)25(29)30-19-21-14-8-4-9-15-21/h3-17,23H,18-19H2,1-2H3. The van der Waals surface area contributed by atoms with Crippen molar-refractivity contribution in [3.05, 3.63) is 102 Å². The molecule has 0 radical (unpaired) electrons. The number of amides is 2.